The molecule has 2 atom stereocenters. The summed E-state index contributed by atoms with van der Waals surface area (Å²) >= 11 is 13.6. The summed E-state index contributed by atoms with van der Waals surface area (Å²) in [5.41, 5.74) is 2.36. The van der Waals surface area contributed by atoms with Crippen molar-refractivity contribution in [3.63, 3.8) is 0 Å². The zero-order valence-electron chi connectivity index (χ0n) is 14.3. The molecule has 7 heteroatoms. The van der Waals surface area contributed by atoms with Crippen LogP contribution in [0.4, 0.5) is 0 Å². The van der Waals surface area contributed by atoms with Crippen LogP contribution in [-0.2, 0) is 6.42 Å². The van der Waals surface area contributed by atoms with Gasteiger partial charge in [0.05, 0.1) is 15.2 Å². The van der Waals surface area contributed by atoms with Crippen LogP contribution in [0.5, 0.6) is 0 Å². The van der Waals surface area contributed by atoms with Crippen LogP contribution in [0.3, 0.4) is 0 Å². The fraction of sp³-hybridized carbons (Fsp3) is 0.200. The van der Waals surface area contributed by atoms with Gasteiger partial charge < -0.3 is 10.3 Å². The molecule has 1 aromatic carbocycles. The molecule has 3 aromatic rings. The number of fused-ring (bicyclic) bond motifs is 1. The Bertz CT molecular complexity index is 1020. The number of carbonyl (C=O) groups is 1. The van der Waals surface area contributed by atoms with Crippen molar-refractivity contribution in [3.8, 4) is 0 Å². The number of nitrogens with zero attached hydrogens (tertiary/aromatic N) is 1. The lowest BCUT2D eigenvalue weighted by molar-refractivity contribution is 0.0924. The molecule has 1 amide bonds. The SMILES string of the molecule is O=C(NC(Cc1ccccc1)C1C=CC=NC1)c1cc2sc(Cl)c(Cl)c2[nH]1. The molecule has 0 aliphatic carbocycles. The van der Waals surface area contributed by atoms with E-state index < -0.39 is 0 Å². The van der Waals surface area contributed by atoms with Crippen LogP contribution in [0.2, 0.25) is 9.36 Å². The molecule has 0 saturated heterocycles. The van der Waals surface area contributed by atoms with Crippen LogP contribution in [0, 0.1) is 5.92 Å². The van der Waals surface area contributed by atoms with E-state index in [-0.39, 0.29) is 17.9 Å². The lowest BCUT2D eigenvalue weighted by Gasteiger charge is -2.26. The third kappa shape index (κ3) is 3.95. The zero-order chi connectivity index (χ0) is 18.8. The number of benzene rings is 1. The predicted molar refractivity (Wildman–Crippen MR) is 114 cm³/mol. The quantitative estimate of drug-likeness (QED) is 0.593. The summed E-state index contributed by atoms with van der Waals surface area (Å²) in [6.45, 7) is 0.662. The number of aromatic nitrogens is 1. The molecule has 4 nitrogen and oxygen atoms in total. The minimum atomic E-state index is -0.158. The summed E-state index contributed by atoms with van der Waals surface area (Å²) in [5, 5.41) is 3.63. The second-order valence-corrected chi connectivity index (χ2v) is 8.48. The standard InChI is InChI=1S/C20H17Cl2N3OS/c21-17-18-16(27-19(17)22)10-15(24-18)20(26)25-14(13-7-4-8-23-11-13)9-12-5-2-1-3-6-12/h1-8,10,13-14,24H,9,11H2,(H,25,26). The van der Waals surface area contributed by atoms with Gasteiger partial charge in [0.1, 0.15) is 10.0 Å². The summed E-state index contributed by atoms with van der Waals surface area (Å²) in [6.07, 6.45) is 6.57. The topological polar surface area (TPSA) is 57.2 Å². The first-order chi connectivity index (χ1) is 13.1. The summed E-state index contributed by atoms with van der Waals surface area (Å²) in [6, 6.07) is 11.9. The number of rotatable bonds is 5. The number of aliphatic imine (C=N–C) groups is 1. The van der Waals surface area contributed by atoms with Crippen LogP contribution in [-0.4, -0.2) is 29.7 Å². The molecule has 0 spiro atoms. The molecule has 4 rings (SSSR count). The Labute approximate surface area is 170 Å². The van der Waals surface area contributed by atoms with E-state index >= 15 is 0 Å². The molecule has 1 aliphatic rings. The van der Waals surface area contributed by atoms with Gasteiger partial charge in [0.15, 0.2) is 0 Å². The smallest absolute Gasteiger partial charge is 0.268 e. The van der Waals surface area contributed by atoms with Crippen LogP contribution < -0.4 is 5.32 Å². The van der Waals surface area contributed by atoms with Crippen molar-refractivity contribution < 1.29 is 4.79 Å². The first-order valence-corrected chi connectivity index (χ1v) is 10.2. The van der Waals surface area contributed by atoms with E-state index in [1.165, 1.54) is 16.9 Å². The number of hydrogen-bond donors (Lipinski definition) is 2. The predicted octanol–water partition coefficient (Wildman–Crippen LogP) is 5.13. The van der Waals surface area contributed by atoms with Crippen molar-refractivity contribution in [1.82, 2.24) is 10.3 Å². The van der Waals surface area contributed by atoms with Gasteiger partial charge in [0.25, 0.3) is 5.91 Å². The molecule has 2 N–H and O–H groups in total. The maximum absolute atomic E-state index is 12.9. The fourth-order valence-electron chi connectivity index (χ4n) is 3.22. The fourth-order valence-corrected chi connectivity index (χ4v) is 4.70. The highest BCUT2D eigenvalue weighted by Gasteiger charge is 2.24. The summed E-state index contributed by atoms with van der Waals surface area (Å²) in [5.74, 6) is -0.0114. The number of carbonyl (C=O) groups excluding carboxylic acids is 1. The first-order valence-electron chi connectivity index (χ1n) is 8.59. The van der Waals surface area contributed by atoms with Gasteiger partial charge in [-0.3, -0.25) is 9.79 Å². The highest BCUT2D eigenvalue weighted by atomic mass is 35.5. The van der Waals surface area contributed by atoms with Crippen LogP contribution in [0.15, 0.2) is 53.5 Å². The van der Waals surface area contributed by atoms with Gasteiger partial charge in [-0.2, -0.15) is 0 Å². The van der Waals surface area contributed by atoms with Crippen molar-refractivity contribution in [2.24, 2.45) is 10.9 Å². The van der Waals surface area contributed by atoms with Gasteiger partial charge in [0.2, 0.25) is 0 Å². The Kier molecular flexibility index (Phi) is 5.34. The van der Waals surface area contributed by atoms with E-state index in [9.17, 15) is 4.79 Å². The second-order valence-electron chi connectivity index (χ2n) is 6.44. The Morgan fingerprint density at radius 3 is 2.85 bits per heavy atom. The molecule has 138 valence electrons. The van der Waals surface area contributed by atoms with E-state index in [4.69, 9.17) is 23.2 Å². The maximum Gasteiger partial charge on any atom is 0.268 e. The lowest BCUT2D eigenvalue weighted by Crippen LogP contribution is -2.43. The molecule has 1 aliphatic heterocycles. The molecule has 0 bridgehead atoms. The largest absolute Gasteiger partial charge is 0.349 e. The van der Waals surface area contributed by atoms with Crippen molar-refractivity contribution in [3.05, 3.63) is 69.2 Å². The van der Waals surface area contributed by atoms with Crippen molar-refractivity contribution >= 4 is 56.9 Å². The molecule has 2 unspecified atom stereocenters. The van der Waals surface area contributed by atoms with Gasteiger partial charge in [-0.25, -0.2) is 0 Å². The van der Waals surface area contributed by atoms with Gasteiger partial charge in [-0.05, 0) is 24.1 Å². The minimum Gasteiger partial charge on any atom is -0.349 e. The molecule has 0 fully saturated rings. The monoisotopic (exact) mass is 417 g/mol. The van der Waals surface area contributed by atoms with E-state index in [0.29, 0.717) is 27.1 Å². The number of nitrogens with one attached hydrogen (secondary N) is 2. The summed E-state index contributed by atoms with van der Waals surface area (Å²) in [7, 11) is 0. The number of dihydropyridines is 1. The lowest BCUT2D eigenvalue weighted by atomic mass is 9.92. The van der Waals surface area contributed by atoms with Crippen LogP contribution >= 0.6 is 34.5 Å². The maximum atomic E-state index is 12.9. The molecular formula is C20H17Cl2N3OS. The van der Waals surface area contributed by atoms with E-state index in [2.05, 4.69) is 33.5 Å². The number of amides is 1. The number of thiophene rings is 1. The van der Waals surface area contributed by atoms with E-state index in [1.54, 1.807) is 12.3 Å². The molecule has 2 aromatic heterocycles. The van der Waals surface area contributed by atoms with Gasteiger partial charge in [0, 0.05) is 24.7 Å². The van der Waals surface area contributed by atoms with Crippen molar-refractivity contribution in [2.75, 3.05) is 6.54 Å². The summed E-state index contributed by atoms with van der Waals surface area (Å²) in [4.78, 5) is 20.3. The average Bonchev–Trinajstić information content (AvgIpc) is 3.22. The van der Waals surface area contributed by atoms with Gasteiger partial charge in [-0.15, -0.1) is 11.3 Å². The van der Waals surface area contributed by atoms with Crippen LogP contribution in [0.1, 0.15) is 16.1 Å². The number of hydrogen-bond acceptors (Lipinski definition) is 3. The molecule has 0 radical (unpaired) electrons. The zero-order valence-corrected chi connectivity index (χ0v) is 16.6. The molecule has 27 heavy (non-hydrogen) atoms. The van der Waals surface area contributed by atoms with Crippen molar-refractivity contribution in [1.29, 1.82) is 0 Å². The number of halogens is 2. The van der Waals surface area contributed by atoms with Crippen molar-refractivity contribution in [2.45, 2.75) is 12.5 Å². The molecule has 3 heterocycles. The molecular weight excluding hydrogens is 401 g/mol. The normalized spacial score (nSPS) is 17.3. The number of H-pyrrole nitrogens is 1. The van der Waals surface area contributed by atoms with E-state index in [1.807, 2.05) is 24.3 Å². The van der Waals surface area contributed by atoms with Gasteiger partial charge >= 0.3 is 0 Å². The van der Waals surface area contributed by atoms with Crippen LogP contribution in [0.25, 0.3) is 10.2 Å². The Morgan fingerprint density at radius 2 is 2.15 bits per heavy atom. The minimum absolute atomic E-state index is 0.0611. The average molecular weight is 418 g/mol. The highest BCUT2D eigenvalue weighted by Crippen LogP contribution is 2.38. The Balaban J connectivity index is 1.56. The first kappa shape index (κ1) is 18.3. The summed E-state index contributed by atoms with van der Waals surface area (Å²) < 4.78 is 1.40. The van der Waals surface area contributed by atoms with E-state index in [0.717, 1.165) is 11.1 Å². The Morgan fingerprint density at radius 1 is 1.33 bits per heavy atom. The third-order valence-corrected chi connectivity index (χ3v) is 6.55. The Hall–Kier alpha value is -2.08. The molecule has 0 saturated carbocycles. The highest BCUT2D eigenvalue weighted by molar-refractivity contribution is 7.23. The second kappa shape index (κ2) is 7.89. The third-order valence-electron chi connectivity index (χ3n) is 4.62. The van der Waals surface area contributed by atoms with Gasteiger partial charge in [-0.1, -0.05) is 59.6 Å². The number of aromatic amines is 1. The number of allylic oxidation sites excluding steroid dienone is 1.